The van der Waals surface area contributed by atoms with Gasteiger partial charge in [-0.3, -0.25) is 29.4 Å². The van der Waals surface area contributed by atoms with Gasteiger partial charge in [0.1, 0.15) is 12.0 Å². The summed E-state index contributed by atoms with van der Waals surface area (Å²) < 4.78 is 0. The molecule has 0 N–H and O–H groups in total. The summed E-state index contributed by atoms with van der Waals surface area (Å²) in [7, 11) is 0. The minimum Gasteiger partial charge on any atom is -0.298 e. The number of hydrogen-bond donors (Lipinski definition) is 0. The molecule has 7 heteroatoms. The van der Waals surface area contributed by atoms with Crippen LogP contribution in [0.1, 0.15) is 20.7 Å². The molecule has 1 heterocycles. The number of Topliss-reactive ketones (excluding diaryl/α,β-unsaturated/α-hetero) is 1. The molecule has 3 rings (SSSR count). The fourth-order valence-corrected chi connectivity index (χ4v) is 2.38. The van der Waals surface area contributed by atoms with Gasteiger partial charge >= 0.3 is 5.91 Å². The molecule has 0 aliphatic carbocycles. The van der Waals surface area contributed by atoms with E-state index in [-0.39, 0.29) is 16.8 Å². The molecule has 0 atom stereocenters. The Morgan fingerprint density at radius 1 is 1.05 bits per heavy atom. The third kappa shape index (κ3) is 1.87. The Bertz CT molecular complexity index is 844. The number of para-hydroxylation sites is 1. The number of hydrogen-bond acceptors (Lipinski definition) is 5. The summed E-state index contributed by atoms with van der Waals surface area (Å²) in [5.41, 5.74) is 0.142. The molecule has 0 radical (unpaired) electrons. The average molecular weight is 296 g/mol. The lowest BCUT2D eigenvalue weighted by atomic mass is 10.1. The molecule has 0 saturated heterocycles. The first-order valence-electron chi connectivity index (χ1n) is 6.26. The van der Waals surface area contributed by atoms with Gasteiger partial charge in [0.2, 0.25) is 0 Å². The Morgan fingerprint density at radius 2 is 1.77 bits per heavy atom. The van der Waals surface area contributed by atoms with Crippen molar-refractivity contribution in [2.75, 3.05) is 4.90 Å². The average Bonchev–Trinajstić information content (AvgIpc) is 2.79. The van der Waals surface area contributed by atoms with Gasteiger partial charge in [-0.1, -0.05) is 12.1 Å². The Morgan fingerprint density at radius 3 is 2.45 bits per heavy atom. The summed E-state index contributed by atoms with van der Waals surface area (Å²) >= 11 is 0. The van der Waals surface area contributed by atoms with Crippen LogP contribution in [0.3, 0.4) is 0 Å². The number of carbonyl (C=O) groups excluding carboxylic acids is 3. The van der Waals surface area contributed by atoms with E-state index in [4.69, 9.17) is 0 Å². The van der Waals surface area contributed by atoms with Crippen molar-refractivity contribution in [3.05, 3.63) is 63.7 Å². The minimum absolute atomic E-state index is 0.0427. The molecule has 1 amide bonds. The summed E-state index contributed by atoms with van der Waals surface area (Å²) in [6.07, 6.45) is 0.474. The molecule has 1 aliphatic heterocycles. The lowest BCUT2D eigenvalue weighted by Crippen LogP contribution is -2.25. The number of carbonyl (C=O) groups is 3. The van der Waals surface area contributed by atoms with Crippen molar-refractivity contribution in [1.82, 2.24) is 0 Å². The third-order valence-corrected chi connectivity index (χ3v) is 3.36. The van der Waals surface area contributed by atoms with Crippen LogP contribution in [-0.2, 0) is 4.79 Å². The molecule has 0 fully saturated rings. The molecule has 7 nitrogen and oxygen atoms in total. The smallest absolute Gasteiger partial charge is 0.298 e. The molecule has 2 aromatic carbocycles. The van der Waals surface area contributed by atoms with Crippen LogP contribution in [0.25, 0.3) is 0 Å². The van der Waals surface area contributed by atoms with Gasteiger partial charge < -0.3 is 0 Å². The fraction of sp³-hybridized carbons (Fsp3) is 0. The highest BCUT2D eigenvalue weighted by Crippen LogP contribution is 2.39. The Kier molecular flexibility index (Phi) is 3.03. The lowest BCUT2D eigenvalue weighted by molar-refractivity contribution is -0.384. The number of aldehydes is 1. The van der Waals surface area contributed by atoms with Gasteiger partial charge in [-0.25, -0.2) is 0 Å². The van der Waals surface area contributed by atoms with Crippen molar-refractivity contribution < 1.29 is 19.3 Å². The Balaban J connectivity index is 2.24. The van der Waals surface area contributed by atoms with Crippen molar-refractivity contribution in [3.63, 3.8) is 0 Å². The molecule has 22 heavy (non-hydrogen) atoms. The fourth-order valence-electron chi connectivity index (χ4n) is 2.38. The molecule has 1 aliphatic rings. The molecular weight excluding hydrogens is 288 g/mol. The number of anilines is 2. The van der Waals surface area contributed by atoms with E-state index in [1.54, 1.807) is 12.1 Å². The van der Waals surface area contributed by atoms with Crippen LogP contribution in [0.4, 0.5) is 17.1 Å². The lowest BCUT2D eigenvalue weighted by Gasteiger charge is -2.16. The van der Waals surface area contributed by atoms with Crippen LogP contribution in [0.5, 0.6) is 0 Å². The van der Waals surface area contributed by atoms with E-state index in [9.17, 15) is 24.5 Å². The number of nitrogens with zero attached hydrogens (tertiary/aromatic N) is 2. The van der Waals surface area contributed by atoms with E-state index in [0.29, 0.717) is 12.0 Å². The summed E-state index contributed by atoms with van der Waals surface area (Å²) in [4.78, 5) is 46.4. The number of ketones is 1. The number of rotatable bonds is 3. The number of benzene rings is 2. The van der Waals surface area contributed by atoms with Gasteiger partial charge in [0.05, 0.1) is 16.2 Å². The molecule has 2 aromatic rings. The first kappa shape index (κ1) is 13.6. The summed E-state index contributed by atoms with van der Waals surface area (Å²) in [5, 5.41) is 11.2. The van der Waals surface area contributed by atoms with Crippen LogP contribution < -0.4 is 4.90 Å². The Hall–Kier alpha value is -3.35. The van der Waals surface area contributed by atoms with Crippen molar-refractivity contribution in [2.24, 2.45) is 0 Å². The number of fused-ring (bicyclic) bond motifs is 1. The van der Waals surface area contributed by atoms with Crippen molar-refractivity contribution in [1.29, 1.82) is 0 Å². The highest BCUT2D eigenvalue weighted by atomic mass is 16.6. The van der Waals surface area contributed by atoms with Gasteiger partial charge in [-0.05, 0) is 24.3 Å². The van der Waals surface area contributed by atoms with Crippen LogP contribution in [0, 0.1) is 10.1 Å². The summed E-state index contributed by atoms with van der Waals surface area (Å²) in [5.74, 6) is -1.58. The largest absolute Gasteiger partial charge is 0.304 e. The van der Waals surface area contributed by atoms with Gasteiger partial charge in [0.15, 0.2) is 0 Å². The van der Waals surface area contributed by atoms with Crippen LogP contribution in [-0.4, -0.2) is 22.9 Å². The monoisotopic (exact) mass is 296 g/mol. The second-order valence-corrected chi connectivity index (χ2v) is 4.61. The van der Waals surface area contributed by atoms with E-state index in [1.807, 2.05) is 0 Å². The van der Waals surface area contributed by atoms with E-state index in [0.717, 1.165) is 11.0 Å². The summed E-state index contributed by atoms with van der Waals surface area (Å²) in [6.45, 7) is 0. The minimum atomic E-state index is -0.858. The molecule has 108 valence electrons. The van der Waals surface area contributed by atoms with Crippen molar-refractivity contribution >= 4 is 35.0 Å². The van der Waals surface area contributed by atoms with Gasteiger partial charge in [0.25, 0.3) is 11.5 Å². The first-order valence-corrected chi connectivity index (χ1v) is 6.26. The first-order chi connectivity index (χ1) is 10.5. The Labute approximate surface area is 123 Å². The van der Waals surface area contributed by atoms with Gasteiger partial charge in [-0.2, -0.15) is 0 Å². The second kappa shape index (κ2) is 4.88. The maximum Gasteiger partial charge on any atom is 0.304 e. The number of amides is 1. The zero-order chi connectivity index (χ0) is 15.9. The summed E-state index contributed by atoms with van der Waals surface area (Å²) in [6, 6.07) is 9.97. The standard InChI is InChI=1S/C15H8N2O5/c18-8-9-5-6-12(13(7-9)17(21)22)16-11-4-2-1-3-10(11)14(19)15(16)20/h1-8H. The molecule has 0 bridgehead atoms. The van der Waals surface area contributed by atoms with E-state index in [1.165, 1.54) is 24.3 Å². The normalized spacial score (nSPS) is 13.2. The van der Waals surface area contributed by atoms with E-state index < -0.39 is 22.3 Å². The predicted molar refractivity (Wildman–Crippen MR) is 76.4 cm³/mol. The highest BCUT2D eigenvalue weighted by Gasteiger charge is 2.39. The second-order valence-electron chi connectivity index (χ2n) is 4.61. The van der Waals surface area contributed by atoms with E-state index >= 15 is 0 Å². The van der Waals surface area contributed by atoms with Gasteiger partial charge in [0, 0.05) is 11.6 Å². The molecular formula is C15H8N2O5. The van der Waals surface area contributed by atoms with Crippen molar-refractivity contribution in [3.8, 4) is 0 Å². The molecule has 0 unspecified atom stereocenters. The van der Waals surface area contributed by atoms with Crippen LogP contribution >= 0.6 is 0 Å². The van der Waals surface area contributed by atoms with Crippen LogP contribution in [0.2, 0.25) is 0 Å². The molecule has 0 saturated carbocycles. The zero-order valence-corrected chi connectivity index (χ0v) is 11.1. The van der Waals surface area contributed by atoms with E-state index in [2.05, 4.69) is 0 Å². The SMILES string of the molecule is O=Cc1ccc(N2C(=O)C(=O)c3ccccc32)c([N+](=O)[O-])c1. The topological polar surface area (TPSA) is 97.6 Å². The zero-order valence-electron chi connectivity index (χ0n) is 11.1. The molecule has 0 aromatic heterocycles. The number of nitro groups is 1. The maximum absolute atomic E-state index is 12.2. The van der Waals surface area contributed by atoms with Gasteiger partial charge in [-0.15, -0.1) is 0 Å². The predicted octanol–water partition coefficient (Wildman–Crippen LogP) is 2.27. The quantitative estimate of drug-likeness (QED) is 0.374. The molecule has 0 spiro atoms. The highest BCUT2D eigenvalue weighted by molar-refractivity contribution is 6.53. The number of nitro benzene ring substituents is 1. The third-order valence-electron chi connectivity index (χ3n) is 3.36. The van der Waals surface area contributed by atoms with Crippen LogP contribution in [0.15, 0.2) is 42.5 Å². The maximum atomic E-state index is 12.2. The van der Waals surface area contributed by atoms with Crippen molar-refractivity contribution in [2.45, 2.75) is 0 Å².